The molecule has 3 heterocycles. The Labute approximate surface area is 108 Å². The number of nitrogens with one attached hydrogen (secondary N) is 1. The summed E-state index contributed by atoms with van der Waals surface area (Å²) >= 11 is 0. The number of fused-ring (bicyclic) bond motifs is 3. The van der Waals surface area contributed by atoms with E-state index in [-0.39, 0.29) is 16.6 Å². The van der Waals surface area contributed by atoms with Crippen LogP contribution in [0.3, 0.4) is 0 Å². The molecular weight excluding hydrogens is 244 g/mol. The first-order chi connectivity index (χ1) is 9.17. The number of hydrogen-bond acceptors (Lipinski definition) is 4. The van der Waals surface area contributed by atoms with E-state index in [0.717, 1.165) is 5.39 Å². The number of nitrogens with zero attached hydrogens (tertiary/aromatic N) is 1. The predicted octanol–water partition coefficient (Wildman–Crippen LogP) is 1.96. The minimum Gasteiger partial charge on any atom is -0.449 e. The third-order valence-electron chi connectivity index (χ3n) is 3.64. The molecule has 5 nitrogen and oxygen atoms in total. The molecule has 0 spiro atoms. The molecule has 96 valence electrons. The van der Waals surface area contributed by atoms with Gasteiger partial charge < -0.3 is 14.1 Å². The number of benzene rings is 1. The van der Waals surface area contributed by atoms with Crippen molar-refractivity contribution < 1.29 is 9.15 Å². The van der Waals surface area contributed by atoms with Crippen molar-refractivity contribution in [3.8, 4) is 0 Å². The number of H-pyrrole nitrogens is 1. The molecule has 0 radical (unpaired) electrons. The van der Waals surface area contributed by atoms with Crippen molar-refractivity contribution in [2.45, 2.75) is 12.3 Å². The summed E-state index contributed by atoms with van der Waals surface area (Å²) < 4.78 is 10.8. The zero-order valence-electron chi connectivity index (χ0n) is 10.4. The topological polar surface area (TPSA) is 68.1 Å². The molecule has 5 heteroatoms. The van der Waals surface area contributed by atoms with E-state index < -0.39 is 0 Å². The molecule has 0 amide bonds. The monoisotopic (exact) mass is 256 g/mol. The predicted molar refractivity (Wildman–Crippen MR) is 70.3 cm³/mol. The van der Waals surface area contributed by atoms with Crippen LogP contribution >= 0.6 is 0 Å². The highest BCUT2D eigenvalue weighted by atomic mass is 16.5. The maximum absolute atomic E-state index is 12.1. The Bertz CT molecular complexity index is 843. The molecule has 0 atom stereocenters. The molecule has 0 bridgehead atoms. The van der Waals surface area contributed by atoms with Crippen LogP contribution in [0.4, 0.5) is 0 Å². The third-order valence-corrected chi connectivity index (χ3v) is 3.64. The van der Waals surface area contributed by atoms with Crippen LogP contribution in [0.25, 0.3) is 22.1 Å². The van der Waals surface area contributed by atoms with Crippen LogP contribution < -0.4 is 5.56 Å². The number of hydrogen-bond donors (Lipinski definition) is 1. The van der Waals surface area contributed by atoms with Crippen molar-refractivity contribution in [3.05, 3.63) is 40.4 Å². The maximum Gasteiger partial charge on any atom is 0.294 e. The van der Waals surface area contributed by atoms with Gasteiger partial charge in [-0.2, -0.15) is 0 Å². The number of rotatable bonds is 1. The molecule has 1 fully saturated rings. The van der Waals surface area contributed by atoms with Gasteiger partial charge in [0, 0.05) is 5.39 Å². The molecule has 2 aromatic heterocycles. The largest absolute Gasteiger partial charge is 0.449 e. The molecule has 1 saturated heterocycles. The molecule has 0 aliphatic carbocycles. The van der Waals surface area contributed by atoms with Gasteiger partial charge in [-0.05, 0) is 19.1 Å². The maximum atomic E-state index is 12.1. The van der Waals surface area contributed by atoms with E-state index in [2.05, 4.69) is 9.97 Å². The van der Waals surface area contributed by atoms with Crippen LogP contribution in [0, 0.1) is 0 Å². The Morgan fingerprint density at radius 3 is 2.84 bits per heavy atom. The summed E-state index contributed by atoms with van der Waals surface area (Å²) in [6.45, 7) is 3.19. The summed E-state index contributed by atoms with van der Waals surface area (Å²) in [6.07, 6.45) is 0. The number of para-hydroxylation sites is 1. The molecular formula is C14H12N2O3. The van der Waals surface area contributed by atoms with Crippen LogP contribution in [0.1, 0.15) is 12.7 Å². The fourth-order valence-corrected chi connectivity index (χ4v) is 2.43. The Kier molecular flexibility index (Phi) is 1.95. The lowest BCUT2D eigenvalue weighted by Gasteiger charge is -2.36. The minimum atomic E-state index is -0.232. The Hall–Kier alpha value is -2.14. The molecule has 1 aromatic carbocycles. The zero-order chi connectivity index (χ0) is 13.0. The van der Waals surface area contributed by atoms with E-state index in [1.54, 1.807) is 0 Å². The second-order valence-corrected chi connectivity index (χ2v) is 5.24. The molecule has 1 aliphatic heterocycles. The zero-order valence-corrected chi connectivity index (χ0v) is 10.4. The number of ether oxygens (including phenoxy) is 1. The molecule has 3 aromatic rings. The minimum absolute atomic E-state index is 0.203. The highest BCUT2D eigenvalue weighted by Crippen LogP contribution is 2.31. The van der Waals surface area contributed by atoms with E-state index in [0.29, 0.717) is 30.1 Å². The molecule has 1 aliphatic rings. The van der Waals surface area contributed by atoms with E-state index in [1.165, 1.54) is 0 Å². The van der Waals surface area contributed by atoms with Gasteiger partial charge in [0.1, 0.15) is 16.9 Å². The molecule has 0 saturated carbocycles. The summed E-state index contributed by atoms with van der Waals surface area (Å²) in [5.41, 5.74) is 1.16. The van der Waals surface area contributed by atoms with Crippen LogP contribution in [-0.4, -0.2) is 23.2 Å². The second kappa shape index (κ2) is 3.45. The van der Waals surface area contributed by atoms with Crippen molar-refractivity contribution in [1.82, 2.24) is 9.97 Å². The lowest BCUT2D eigenvalue weighted by atomic mass is 9.87. The van der Waals surface area contributed by atoms with Gasteiger partial charge in [0.05, 0.1) is 18.6 Å². The van der Waals surface area contributed by atoms with Crippen molar-refractivity contribution in [2.24, 2.45) is 0 Å². The average molecular weight is 256 g/mol. The van der Waals surface area contributed by atoms with Crippen LogP contribution in [0.15, 0.2) is 33.5 Å². The quantitative estimate of drug-likeness (QED) is 0.722. The Morgan fingerprint density at radius 2 is 2.11 bits per heavy atom. The van der Waals surface area contributed by atoms with E-state index in [4.69, 9.17) is 9.15 Å². The highest BCUT2D eigenvalue weighted by Gasteiger charge is 2.38. The summed E-state index contributed by atoms with van der Waals surface area (Å²) in [5, 5.41) is 0.869. The molecule has 4 rings (SSSR count). The first kappa shape index (κ1) is 10.8. The summed E-state index contributed by atoms with van der Waals surface area (Å²) in [4.78, 5) is 19.5. The van der Waals surface area contributed by atoms with E-state index in [1.807, 2.05) is 31.2 Å². The Morgan fingerprint density at radius 1 is 1.32 bits per heavy atom. The number of aromatic nitrogens is 2. The van der Waals surface area contributed by atoms with Crippen LogP contribution in [0.5, 0.6) is 0 Å². The van der Waals surface area contributed by atoms with Gasteiger partial charge in [0.15, 0.2) is 0 Å². The average Bonchev–Trinajstić information content (AvgIpc) is 2.75. The van der Waals surface area contributed by atoms with E-state index >= 15 is 0 Å². The van der Waals surface area contributed by atoms with Crippen molar-refractivity contribution in [2.75, 3.05) is 13.2 Å². The second-order valence-electron chi connectivity index (χ2n) is 5.24. The fourth-order valence-electron chi connectivity index (χ4n) is 2.43. The van der Waals surface area contributed by atoms with Crippen molar-refractivity contribution in [1.29, 1.82) is 0 Å². The standard InChI is InChI=1S/C14H12N2O3/c1-14(6-18-7-14)13-15-10-8-4-2-3-5-9(8)19-11(10)12(17)16-13/h2-5H,6-7H2,1H3,(H,15,16,17). The van der Waals surface area contributed by atoms with Crippen molar-refractivity contribution >= 4 is 22.1 Å². The van der Waals surface area contributed by atoms with Gasteiger partial charge in [-0.15, -0.1) is 0 Å². The first-order valence-electron chi connectivity index (χ1n) is 6.17. The van der Waals surface area contributed by atoms with Crippen molar-refractivity contribution in [3.63, 3.8) is 0 Å². The number of furan rings is 1. The van der Waals surface area contributed by atoms with Gasteiger partial charge in [-0.3, -0.25) is 4.79 Å². The first-order valence-corrected chi connectivity index (χ1v) is 6.17. The number of aromatic amines is 1. The van der Waals surface area contributed by atoms with Crippen LogP contribution in [-0.2, 0) is 10.2 Å². The van der Waals surface area contributed by atoms with Crippen LogP contribution in [0.2, 0.25) is 0 Å². The molecule has 1 N–H and O–H groups in total. The fraction of sp³-hybridized carbons (Fsp3) is 0.286. The molecule has 19 heavy (non-hydrogen) atoms. The molecule has 0 unspecified atom stereocenters. The normalized spacial score (nSPS) is 17.7. The summed E-state index contributed by atoms with van der Waals surface area (Å²) in [7, 11) is 0. The lowest BCUT2D eigenvalue weighted by molar-refractivity contribution is -0.0542. The summed E-state index contributed by atoms with van der Waals surface area (Å²) in [5.74, 6) is 0.669. The summed E-state index contributed by atoms with van der Waals surface area (Å²) in [6, 6.07) is 7.54. The van der Waals surface area contributed by atoms with E-state index in [9.17, 15) is 4.79 Å². The Balaban J connectivity index is 2.09. The van der Waals surface area contributed by atoms with Gasteiger partial charge in [0.25, 0.3) is 5.56 Å². The van der Waals surface area contributed by atoms with Gasteiger partial charge in [0.2, 0.25) is 5.58 Å². The lowest BCUT2D eigenvalue weighted by Crippen LogP contribution is -2.46. The third kappa shape index (κ3) is 1.39. The van der Waals surface area contributed by atoms with Gasteiger partial charge >= 0.3 is 0 Å². The van der Waals surface area contributed by atoms with Gasteiger partial charge in [-0.25, -0.2) is 4.98 Å². The van der Waals surface area contributed by atoms with Gasteiger partial charge in [-0.1, -0.05) is 12.1 Å². The smallest absolute Gasteiger partial charge is 0.294 e. The SMILES string of the molecule is CC1(c2nc3c(oc4ccccc43)c(=O)[nH]2)COC1. The highest BCUT2D eigenvalue weighted by molar-refractivity contribution is 6.01.